The van der Waals surface area contributed by atoms with Crippen molar-refractivity contribution in [2.75, 3.05) is 29.9 Å². The topological polar surface area (TPSA) is 82.2 Å². The third-order valence-electron chi connectivity index (χ3n) is 3.29. The molecule has 5 nitrogen and oxygen atoms in total. The summed E-state index contributed by atoms with van der Waals surface area (Å²) in [5.41, 5.74) is 7.82. The van der Waals surface area contributed by atoms with Crippen LogP contribution in [0.15, 0.2) is 18.2 Å². The number of nitrogens with one attached hydrogen (secondary N) is 1. The van der Waals surface area contributed by atoms with E-state index in [-0.39, 0.29) is 17.9 Å². The Morgan fingerprint density at radius 3 is 2.89 bits per heavy atom. The van der Waals surface area contributed by atoms with E-state index in [1.807, 2.05) is 19.9 Å². The van der Waals surface area contributed by atoms with Crippen LogP contribution in [0.5, 0.6) is 0 Å². The van der Waals surface area contributed by atoms with Crippen molar-refractivity contribution in [1.29, 1.82) is 5.26 Å². The Kier molecular flexibility index (Phi) is 3.45. The number of nitrogens with zero attached hydrogens (tertiary/aromatic N) is 2. The van der Waals surface area contributed by atoms with Gasteiger partial charge in [-0.1, -0.05) is 13.8 Å². The summed E-state index contributed by atoms with van der Waals surface area (Å²) < 4.78 is 0. The zero-order chi connectivity index (χ0) is 14.0. The first-order chi connectivity index (χ1) is 8.96. The molecule has 0 aromatic heterocycles. The maximum Gasteiger partial charge on any atom is 0.246 e. The molecule has 0 spiro atoms. The number of amides is 1. The van der Waals surface area contributed by atoms with Gasteiger partial charge in [0.05, 0.1) is 29.6 Å². The number of fused-ring (bicyclic) bond motifs is 1. The first-order valence-corrected chi connectivity index (χ1v) is 6.25. The molecular formula is C14H18N4O. The normalized spacial score (nSPS) is 14.6. The Balaban J connectivity index is 2.36. The van der Waals surface area contributed by atoms with Gasteiger partial charge in [0, 0.05) is 6.54 Å². The lowest BCUT2D eigenvalue weighted by Crippen LogP contribution is -2.46. The van der Waals surface area contributed by atoms with Gasteiger partial charge in [-0.25, -0.2) is 0 Å². The number of carbonyl (C=O) groups is 1. The molecule has 1 aliphatic rings. The van der Waals surface area contributed by atoms with E-state index in [1.54, 1.807) is 17.0 Å². The SMILES string of the molecule is CC(C)(CN)CN1C(=O)CNc2cc(C#N)ccc21. The Hall–Kier alpha value is -2.06. The van der Waals surface area contributed by atoms with Gasteiger partial charge in [0.1, 0.15) is 0 Å². The molecule has 0 saturated carbocycles. The largest absolute Gasteiger partial charge is 0.374 e. The third-order valence-corrected chi connectivity index (χ3v) is 3.29. The van der Waals surface area contributed by atoms with Gasteiger partial charge in [0.2, 0.25) is 5.91 Å². The Morgan fingerprint density at radius 2 is 2.26 bits per heavy atom. The van der Waals surface area contributed by atoms with Gasteiger partial charge in [-0.3, -0.25) is 4.79 Å². The molecule has 100 valence electrons. The van der Waals surface area contributed by atoms with Crippen LogP contribution in [0.25, 0.3) is 0 Å². The third kappa shape index (κ3) is 2.69. The number of hydrogen-bond donors (Lipinski definition) is 2. The van der Waals surface area contributed by atoms with E-state index in [0.29, 0.717) is 18.7 Å². The number of carbonyl (C=O) groups excluding carboxylic acids is 1. The van der Waals surface area contributed by atoms with Crippen molar-refractivity contribution in [3.05, 3.63) is 23.8 Å². The molecule has 2 rings (SSSR count). The molecule has 1 aromatic carbocycles. The van der Waals surface area contributed by atoms with Crippen LogP contribution >= 0.6 is 0 Å². The van der Waals surface area contributed by atoms with Gasteiger partial charge >= 0.3 is 0 Å². The number of nitrogens with two attached hydrogens (primary N) is 1. The van der Waals surface area contributed by atoms with E-state index in [2.05, 4.69) is 11.4 Å². The number of anilines is 2. The number of rotatable bonds is 3. The summed E-state index contributed by atoms with van der Waals surface area (Å²) in [6.45, 7) is 5.40. The van der Waals surface area contributed by atoms with Crippen LogP contribution < -0.4 is 16.0 Å². The summed E-state index contributed by atoms with van der Waals surface area (Å²) in [5, 5.41) is 12.0. The molecule has 3 N–H and O–H groups in total. The molecule has 1 amide bonds. The fourth-order valence-electron chi connectivity index (χ4n) is 2.05. The lowest BCUT2D eigenvalue weighted by molar-refractivity contribution is -0.117. The smallest absolute Gasteiger partial charge is 0.246 e. The van der Waals surface area contributed by atoms with Crippen LogP contribution in [-0.2, 0) is 4.79 Å². The first-order valence-electron chi connectivity index (χ1n) is 6.25. The molecule has 0 atom stereocenters. The van der Waals surface area contributed by atoms with Crippen LogP contribution in [-0.4, -0.2) is 25.5 Å². The Labute approximate surface area is 113 Å². The molecule has 1 aliphatic heterocycles. The van der Waals surface area contributed by atoms with Crippen molar-refractivity contribution >= 4 is 17.3 Å². The van der Waals surface area contributed by atoms with Gasteiger partial charge in [-0.2, -0.15) is 5.26 Å². The van der Waals surface area contributed by atoms with Crippen LogP contribution in [0.2, 0.25) is 0 Å². The zero-order valence-corrected chi connectivity index (χ0v) is 11.2. The fraction of sp³-hybridized carbons (Fsp3) is 0.429. The average molecular weight is 258 g/mol. The molecule has 0 fully saturated rings. The fourth-order valence-corrected chi connectivity index (χ4v) is 2.05. The van der Waals surface area contributed by atoms with Gasteiger partial charge in [0.25, 0.3) is 0 Å². The second kappa shape index (κ2) is 4.90. The monoisotopic (exact) mass is 258 g/mol. The van der Waals surface area contributed by atoms with E-state index >= 15 is 0 Å². The maximum absolute atomic E-state index is 12.1. The second-order valence-electron chi connectivity index (χ2n) is 5.55. The highest BCUT2D eigenvalue weighted by Crippen LogP contribution is 2.32. The summed E-state index contributed by atoms with van der Waals surface area (Å²) in [7, 11) is 0. The Morgan fingerprint density at radius 1 is 1.53 bits per heavy atom. The van der Waals surface area contributed by atoms with E-state index < -0.39 is 0 Å². The number of benzene rings is 1. The lowest BCUT2D eigenvalue weighted by Gasteiger charge is -2.36. The van der Waals surface area contributed by atoms with Crippen LogP contribution in [0.4, 0.5) is 11.4 Å². The summed E-state index contributed by atoms with van der Waals surface area (Å²) in [5.74, 6) is 0.0266. The van der Waals surface area contributed by atoms with E-state index in [4.69, 9.17) is 11.0 Å². The minimum Gasteiger partial charge on any atom is -0.374 e. The number of hydrogen-bond acceptors (Lipinski definition) is 4. The van der Waals surface area contributed by atoms with Crippen LogP contribution in [0.1, 0.15) is 19.4 Å². The molecular weight excluding hydrogens is 240 g/mol. The minimum absolute atomic E-state index is 0.0266. The maximum atomic E-state index is 12.1. The van der Waals surface area contributed by atoms with Crippen molar-refractivity contribution in [3.63, 3.8) is 0 Å². The summed E-state index contributed by atoms with van der Waals surface area (Å²) >= 11 is 0. The predicted octanol–water partition coefficient (Wildman–Crippen LogP) is 1.30. The van der Waals surface area contributed by atoms with Gasteiger partial charge in [0.15, 0.2) is 0 Å². The summed E-state index contributed by atoms with van der Waals surface area (Å²) in [6, 6.07) is 7.40. The molecule has 0 unspecified atom stereocenters. The average Bonchev–Trinajstić information content (AvgIpc) is 2.41. The molecule has 19 heavy (non-hydrogen) atoms. The van der Waals surface area contributed by atoms with Crippen molar-refractivity contribution in [3.8, 4) is 6.07 Å². The van der Waals surface area contributed by atoms with Crippen molar-refractivity contribution in [2.24, 2.45) is 11.1 Å². The molecule has 0 radical (unpaired) electrons. The van der Waals surface area contributed by atoms with Crippen LogP contribution in [0.3, 0.4) is 0 Å². The molecule has 0 bridgehead atoms. The highest BCUT2D eigenvalue weighted by molar-refractivity contribution is 6.02. The van der Waals surface area contributed by atoms with Crippen molar-refractivity contribution in [2.45, 2.75) is 13.8 Å². The molecule has 0 aliphatic carbocycles. The van der Waals surface area contributed by atoms with E-state index in [1.165, 1.54) is 0 Å². The zero-order valence-electron chi connectivity index (χ0n) is 11.2. The standard InChI is InChI=1S/C14H18N4O/c1-14(2,8-16)9-18-12-4-3-10(6-15)5-11(12)17-7-13(18)19/h3-5,17H,7-9,16H2,1-2H3. The minimum atomic E-state index is -0.141. The summed E-state index contributed by atoms with van der Waals surface area (Å²) in [6.07, 6.45) is 0. The van der Waals surface area contributed by atoms with Gasteiger partial charge in [-0.05, 0) is 30.2 Å². The highest BCUT2D eigenvalue weighted by Gasteiger charge is 2.29. The highest BCUT2D eigenvalue weighted by atomic mass is 16.2. The van der Waals surface area contributed by atoms with Gasteiger partial charge < -0.3 is 16.0 Å². The molecule has 0 saturated heterocycles. The van der Waals surface area contributed by atoms with Gasteiger partial charge in [-0.15, -0.1) is 0 Å². The lowest BCUT2D eigenvalue weighted by atomic mass is 9.92. The van der Waals surface area contributed by atoms with E-state index in [9.17, 15) is 4.79 Å². The van der Waals surface area contributed by atoms with Crippen molar-refractivity contribution in [1.82, 2.24) is 0 Å². The predicted molar refractivity (Wildman–Crippen MR) is 74.8 cm³/mol. The van der Waals surface area contributed by atoms with Crippen LogP contribution in [0, 0.1) is 16.7 Å². The van der Waals surface area contributed by atoms with Crippen molar-refractivity contribution < 1.29 is 4.79 Å². The Bertz CT molecular complexity index is 545. The number of nitriles is 1. The first kappa shape index (κ1) is 13.4. The molecule has 5 heteroatoms. The summed E-state index contributed by atoms with van der Waals surface area (Å²) in [4.78, 5) is 13.8. The second-order valence-corrected chi connectivity index (χ2v) is 5.55. The van der Waals surface area contributed by atoms with E-state index in [0.717, 1.165) is 11.4 Å². The quantitative estimate of drug-likeness (QED) is 0.856. The molecule has 1 heterocycles. The molecule has 1 aromatic rings.